The second-order valence-electron chi connectivity index (χ2n) is 5.60. The maximum Gasteiger partial charge on any atom is 0.132 e. The van der Waals surface area contributed by atoms with Crippen molar-refractivity contribution in [3.05, 3.63) is 35.9 Å². The summed E-state index contributed by atoms with van der Waals surface area (Å²) in [5.74, 6) is 1.37. The van der Waals surface area contributed by atoms with Gasteiger partial charge in [0.2, 0.25) is 0 Å². The van der Waals surface area contributed by atoms with Gasteiger partial charge in [-0.1, -0.05) is 25.1 Å². The molecule has 1 N–H and O–H groups in total. The molecule has 0 aliphatic carbocycles. The summed E-state index contributed by atoms with van der Waals surface area (Å²) in [5, 5.41) is 11.0. The zero-order chi connectivity index (χ0) is 13.4. The monoisotopic (exact) mass is 256 g/mol. The SMILES string of the molecule is Cc1cc2ccccc2nc1N1CCC(O)C(C)C1. The van der Waals surface area contributed by atoms with Crippen LogP contribution in [0.25, 0.3) is 10.9 Å². The Bertz CT molecular complexity index is 596. The maximum atomic E-state index is 9.84. The summed E-state index contributed by atoms with van der Waals surface area (Å²) in [6, 6.07) is 10.4. The van der Waals surface area contributed by atoms with E-state index in [1.54, 1.807) is 0 Å². The van der Waals surface area contributed by atoms with Gasteiger partial charge >= 0.3 is 0 Å². The number of fused-ring (bicyclic) bond motifs is 1. The van der Waals surface area contributed by atoms with Crippen molar-refractivity contribution in [1.29, 1.82) is 0 Å². The fraction of sp³-hybridized carbons (Fsp3) is 0.438. The van der Waals surface area contributed by atoms with Crippen molar-refractivity contribution in [2.75, 3.05) is 18.0 Å². The summed E-state index contributed by atoms with van der Waals surface area (Å²) in [7, 11) is 0. The minimum Gasteiger partial charge on any atom is -0.393 e. The van der Waals surface area contributed by atoms with E-state index in [1.807, 2.05) is 12.1 Å². The van der Waals surface area contributed by atoms with E-state index in [1.165, 1.54) is 10.9 Å². The van der Waals surface area contributed by atoms with Gasteiger partial charge < -0.3 is 10.0 Å². The van der Waals surface area contributed by atoms with Crippen molar-refractivity contribution in [3.8, 4) is 0 Å². The van der Waals surface area contributed by atoms with Gasteiger partial charge in [-0.2, -0.15) is 0 Å². The van der Waals surface area contributed by atoms with Crippen LogP contribution >= 0.6 is 0 Å². The first-order valence-corrected chi connectivity index (χ1v) is 6.94. The number of piperidine rings is 1. The number of aliphatic hydroxyl groups is 1. The van der Waals surface area contributed by atoms with E-state index in [4.69, 9.17) is 4.98 Å². The molecule has 0 saturated carbocycles. The Labute approximate surface area is 113 Å². The predicted molar refractivity (Wildman–Crippen MR) is 78.5 cm³/mol. The van der Waals surface area contributed by atoms with Crippen molar-refractivity contribution < 1.29 is 5.11 Å². The van der Waals surface area contributed by atoms with Gasteiger partial charge in [0.15, 0.2) is 0 Å². The number of aryl methyl sites for hydroxylation is 1. The average Bonchev–Trinajstić information content (AvgIpc) is 2.41. The van der Waals surface area contributed by atoms with E-state index >= 15 is 0 Å². The van der Waals surface area contributed by atoms with Gasteiger partial charge in [0.25, 0.3) is 0 Å². The summed E-state index contributed by atoms with van der Waals surface area (Å²) < 4.78 is 0. The number of nitrogens with zero attached hydrogens (tertiary/aromatic N) is 2. The molecule has 2 heterocycles. The van der Waals surface area contributed by atoms with Crippen LogP contribution in [0.5, 0.6) is 0 Å². The third-order valence-electron chi connectivity index (χ3n) is 4.05. The van der Waals surface area contributed by atoms with E-state index < -0.39 is 0 Å². The van der Waals surface area contributed by atoms with Crippen LogP contribution < -0.4 is 4.90 Å². The molecule has 100 valence electrons. The maximum absolute atomic E-state index is 9.84. The van der Waals surface area contributed by atoms with Crippen molar-refractivity contribution in [2.24, 2.45) is 5.92 Å². The normalized spacial score (nSPS) is 23.8. The van der Waals surface area contributed by atoms with Crippen LogP contribution in [-0.4, -0.2) is 29.3 Å². The van der Waals surface area contributed by atoms with Crippen molar-refractivity contribution in [1.82, 2.24) is 4.98 Å². The Kier molecular flexibility index (Phi) is 3.15. The fourth-order valence-corrected chi connectivity index (χ4v) is 2.86. The molecule has 0 amide bonds. The van der Waals surface area contributed by atoms with Crippen molar-refractivity contribution in [3.63, 3.8) is 0 Å². The summed E-state index contributed by atoms with van der Waals surface area (Å²) in [6.45, 7) is 5.99. The van der Waals surface area contributed by atoms with Crippen molar-refractivity contribution >= 4 is 16.7 Å². The highest BCUT2D eigenvalue weighted by Gasteiger charge is 2.25. The molecule has 3 heteroatoms. The Morgan fingerprint density at radius 3 is 2.89 bits per heavy atom. The summed E-state index contributed by atoms with van der Waals surface area (Å²) in [6.07, 6.45) is 0.659. The molecular weight excluding hydrogens is 236 g/mol. The lowest BCUT2D eigenvalue weighted by Gasteiger charge is -2.36. The molecule has 3 nitrogen and oxygen atoms in total. The molecule has 1 aliphatic heterocycles. The zero-order valence-electron chi connectivity index (χ0n) is 11.5. The quantitative estimate of drug-likeness (QED) is 0.852. The number of aromatic nitrogens is 1. The number of pyridine rings is 1. The van der Waals surface area contributed by atoms with E-state index in [0.29, 0.717) is 5.92 Å². The molecule has 19 heavy (non-hydrogen) atoms. The van der Waals surface area contributed by atoms with Gasteiger partial charge in [-0.3, -0.25) is 0 Å². The van der Waals surface area contributed by atoms with Gasteiger partial charge in [0.1, 0.15) is 5.82 Å². The zero-order valence-corrected chi connectivity index (χ0v) is 11.5. The highest BCUT2D eigenvalue weighted by atomic mass is 16.3. The molecule has 2 aromatic rings. The first-order chi connectivity index (χ1) is 9.15. The van der Waals surface area contributed by atoms with Crippen LogP contribution in [0.1, 0.15) is 18.9 Å². The molecule has 2 atom stereocenters. The molecule has 1 aromatic heterocycles. The minimum absolute atomic E-state index is 0.169. The van der Waals surface area contributed by atoms with Gasteiger partial charge in [-0.25, -0.2) is 4.98 Å². The Balaban J connectivity index is 1.98. The fourth-order valence-electron chi connectivity index (χ4n) is 2.86. The molecular formula is C16H20N2O. The van der Waals surface area contributed by atoms with Crippen LogP contribution in [0.15, 0.2) is 30.3 Å². The third kappa shape index (κ3) is 2.30. The Morgan fingerprint density at radius 2 is 2.11 bits per heavy atom. The molecule has 0 radical (unpaired) electrons. The number of anilines is 1. The van der Waals surface area contributed by atoms with Crippen LogP contribution in [0, 0.1) is 12.8 Å². The topological polar surface area (TPSA) is 36.4 Å². The summed E-state index contributed by atoms with van der Waals surface area (Å²) >= 11 is 0. The van der Waals surface area contributed by atoms with Gasteiger partial charge in [0.05, 0.1) is 11.6 Å². The Morgan fingerprint density at radius 1 is 1.32 bits per heavy atom. The molecule has 1 aromatic carbocycles. The number of hydrogen-bond donors (Lipinski definition) is 1. The molecule has 1 aliphatic rings. The van der Waals surface area contributed by atoms with E-state index in [9.17, 15) is 5.11 Å². The first kappa shape index (κ1) is 12.4. The number of benzene rings is 1. The third-order valence-corrected chi connectivity index (χ3v) is 4.05. The highest BCUT2D eigenvalue weighted by molar-refractivity contribution is 5.81. The number of para-hydroxylation sites is 1. The number of aliphatic hydroxyl groups excluding tert-OH is 1. The van der Waals surface area contributed by atoms with Gasteiger partial charge in [-0.15, -0.1) is 0 Å². The predicted octanol–water partition coefficient (Wildman–Crippen LogP) is 2.75. The van der Waals surface area contributed by atoms with Crippen LogP contribution in [0.2, 0.25) is 0 Å². The lowest BCUT2D eigenvalue weighted by atomic mass is 9.96. The van der Waals surface area contributed by atoms with Crippen LogP contribution in [0.3, 0.4) is 0 Å². The standard InChI is InChI=1S/C16H20N2O/c1-11-9-13-5-3-4-6-14(13)17-16(11)18-8-7-15(19)12(2)10-18/h3-6,9,12,15,19H,7-8,10H2,1-2H3. The van der Waals surface area contributed by atoms with E-state index in [0.717, 1.165) is 30.8 Å². The second kappa shape index (κ2) is 4.82. The van der Waals surface area contributed by atoms with Crippen LogP contribution in [-0.2, 0) is 0 Å². The first-order valence-electron chi connectivity index (χ1n) is 6.94. The summed E-state index contributed by atoms with van der Waals surface area (Å²) in [4.78, 5) is 7.11. The molecule has 1 saturated heterocycles. The highest BCUT2D eigenvalue weighted by Crippen LogP contribution is 2.27. The number of rotatable bonds is 1. The molecule has 3 rings (SSSR count). The average molecular weight is 256 g/mol. The van der Waals surface area contributed by atoms with Gasteiger partial charge in [0, 0.05) is 18.5 Å². The lowest BCUT2D eigenvalue weighted by molar-refractivity contribution is 0.0968. The van der Waals surface area contributed by atoms with Gasteiger partial charge in [-0.05, 0) is 37.0 Å². The smallest absolute Gasteiger partial charge is 0.132 e. The summed E-state index contributed by atoms with van der Waals surface area (Å²) in [5.41, 5.74) is 2.25. The Hall–Kier alpha value is -1.61. The van der Waals surface area contributed by atoms with E-state index in [-0.39, 0.29) is 6.10 Å². The molecule has 2 unspecified atom stereocenters. The minimum atomic E-state index is -0.169. The molecule has 0 spiro atoms. The van der Waals surface area contributed by atoms with E-state index in [2.05, 4.69) is 36.9 Å². The largest absolute Gasteiger partial charge is 0.393 e. The van der Waals surface area contributed by atoms with Crippen molar-refractivity contribution in [2.45, 2.75) is 26.4 Å². The molecule has 0 bridgehead atoms. The second-order valence-corrected chi connectivity index (χ2v) is 5.60. The lowest BCUT2D eigenvalue weighted by Crippen LogP contribution is -2.42. The molecule has 1 fully saturated rings. The van der Waals surface area contributed by atoms with Crippen LogP contribution in [0.4, 0.5) is 5.82 Å². The number of hydrogen-bond acceptors (Lipinski definition) is 3.